The van der Waals surface area contributed by atoms with Crippen LogP contribution in [0.25, 0.3) is 0 Å². The van der Waals surface area contributed by atoms with E-state index in [1.807, 2.05) is 0 Å². The fourth-order valence-electron chi connectivity index (χ4n) is 2.85. The molecular formula is C19H38O5. The quantitative estimate of drug-likeness (QED) is 0.432. The lowest BCUT2D eigenvalue weighted by Gasteiger charge is -2.29. The van der Waals surface area contributed by atoms with Crippen molar-refractivity contribution in [3.63, 3.8) is 0 Å². The van der Waals surface area contributed by atoms with E-state index in [0.29, 0.717) is 33.0 Å². The summed E-state index contributed by atoms with van der Waals surface area (Å²) in [6, 6.07) is 0. The molecule has 0 radical (unpaired) electrons. The minimum atomic E-state index is -0.0555. The summed E-state index contributed by atoms with van der Waals surface area (Å²) in [6.07, 6.45) is 13.0. The maximum Gasteiger partial charge on any atom is 0.157 e. The van der Waals surface area contributed by atoms with Gasteiger partial charge in [0.05, 0.1) is 39.6 Å². The largest absolute Gasteiger partial charge is 0.394 e. The van der Waals surface area contributed by atoms with Crippen molar-refractivity contribution in [2.75, 3.05) is 39.6 Å². The van der Waals surface area contributed by atoms with Crippen molar-refractivity contribution >= 4 is 0 Å². The van der Waals surface area contributed by atoms with Crippen LogP contribution in [0.1, 0.15) is 71.1 Å². The van der Waals surface area contributed by atoms with E-state index in [1.165, 1.54) is 57.8 Å². The predicted octanol–water partition coefficient (Wildman–Crippen LogP) is 3.67. The number of ether oxygens (including phenoxy) is 4. The molecule has 1 rings (SSSR count). The zero-order valence-electron chi connectivity index (χ0n) is 15.5. The summed E-state index contributed by atoms with van der Waals surface area (Å²) in [4.78, 5) is 0. The van der Waals surface area contributed by atoms with E-state index in [9.17, 15) is 0 Å². The molecule has 0 atom stereocenters. The summed E-state index contributed by atoms with van der Waals surface area (Å²) in [5, 5.41) is 8.60. The van der Waals surface area contributed by atoms with Crippen LogP contribution < -0.4 is 0 Å². The molecule has 1 saturated heterocycles. The Kier molecular flexibility index (Phi) is 14.8. The first kappa shape index (κ1) is 21.8. The van der Waals surface area contributed by atoms with E-state index in [1.54, 1.807) is 0 Å². The van der Waals surface area contributed by atoms with Crippen molar-refractivity contribution in [1.29, 1.82) is 0 Å². The second-order valence-corrected chi connectivity index (χ2v) is 6.54. The average Bonchev–Trinajstić information content (AvgIpc) is 2.61. The molecule has 1 aliphatic rings. The molecular weight excluding hydrogens is 308 g/mol. The van der Waals surface area contributed by atoms with E-state index in [4.69, 9.17) is 24.1 Å². The third kappa shape index (κ3) is 12.2. The molecule has 0 unspecified atom stereocenters. The molecule has 0 spiro atoms. The van der Waals surface area contributed by atoms with Gasteiger partial charge in [0.1, 0.15) is 6.10 Å². The smallest absolute Gasteiger partial charge is 0.157 e. The molecule has 0 aromatic rings. The predicted molar refractivity (Wildman–Crippen MR) is 95.2 cm³/mol. The maximum absolute atomic E-state index is 8.60. The van der Waals surface area contributed by atoms with Crippen molar-refractivity contribution in [1.82, 2.24) is 0 Å². The van der Waals surface area contributed by atoms with Gasteiger partial charge in [0, 0.05) is 0 Å². The van der Waals surface area contributed by atoms with Crippen LogP contribution in [0.15, 0.2) is 0 Å². The molecule has 0 aromatic carbocycles. The van der Waals surface area contributed by atoms with Crippen LogP contribution in [-0.4, -0.2) is 57.1 Å². The fraction of sp³-hybridized carbons (Fsp3) is 1.00. The van der Waals surface area contributed by atoms with Crippen molar-refractivity contribution < 1.29 is 24.1 Å². The lowest BCUT2D eigenvalue weighted by Crippen LogP contribution is -2.37. The second kappa shape index (κ2) is 16.3. The lowest BCUT2D eigenvalue weighted by molar-refractivity contribution is -0.229. The minimum absolute atomic E-state index is 0.00194. The zero-order valence-corrected chi connectivity index (χ0v) is 15.5. The maximum atomic E-state index is 8.60. The van der Waals surface area contributed by atoms with E-state index in [0.717, 1.165) is 6.42 Å². The van der Waals surface area contributed by atoms with Gasteiger partial charge >= 0.3 is 0 Å². The molecule has 0 saturated carbocycles. The molecule has 1 fully saturated rings. The summed E-state index contributed by atoms with van der Waals surface area (Å²) >= 11 is 0. The highest BCUT2D eigenvalue weighted by atomic mass is 16.7. The van der Waals surface area contributed by atoms with Crippen LogP contribution in [0.4, 0.5) is 0 Å². The van der Waals surface area contributed by atoms with E-state index >= 15 is 0 Å². The minimum Gasteiger partial charge on any atom is -0.394 e. The normalized spacial score (nSPS) is 21.2. The monoisotopic (exact) mass is 346 g/mol. The molecule has 0 amide bonds. The summed E-state index contributed by atoms with van der Waals surface area (Å²) in [5.41, 5.74) is 0. The van der Waals surface area contributed by atoms with Gasteiger partial charge in [0.25, 0.3) is 0 Å². The van der Waals surface area contributed by atoms with Gasteiger partial charge in [-0.2, -0.15) is 0 Å². The van der Waals surface area contributed by atoms with Crippen molar-refractivity contribution in [3.8, 4) is 0 Å². The highest BCUT2D eigenvalue weighted by molar-refractivity contribution is 4.63. The summed E-state index contributed by atoms with van der Waals surface area (Å²) in [6.45, 7) is 4.89. The van der Waals surface area contributed by atoms with Gasteiger partial charge in [-0.15, -0.1) is 0 Å². The first-order valence-electron chi connectivity index (χ1n) is 9.90. The highest BCUT2D eigenvalue weighted by Crippen LogP contribution is 2.16. The Hall–Kier alpha value is -0.200. The number of aliphatic hydroxyl groups excluding tert-OH is 1. The van der Waals surface area contributed by atoms with Crippen molar-refractivity contribution in [2.45, 2.75) is 83.5 Å². The van der Waals surface area contributed by atoms with Crippen molar-refractivity contribution in [2.24, 2.45) is 0 Å². The van der Waals surface area contributed by atoms with Crippen molar-refractivity contribution in [3.05, 3.63) is 0 Å². The van der Waals surface area contributed by atoms with E-state index in [2.05, 4.69) is 6.92 Å². The molecule has 1 N–H and O–H groups in total. The van der Waals surface area contributed by atoms with Crippen LogP contribution in [0.5, 0.6) is 0 Å². The van der Waals surface area contributed by atoms with E-state index < -0.39 is 0 Å². The number of hydrogen-bond donors (Lipinski definition) is 1. The Bertz CT molecular complexity index is 254. The molecule has 5 nitrogen and oxygen atoms in total. The fourth-order valence-corrected chi connectivity index (χ4v) is 2.85. The lowest BCUT2D eigenvalue weighted by atomic mass is 10.1. The standard InChI is InChI=1S/C19H38O5/c1-2-3-4-5-6-7-8-9-10-11-19-23-16-18(17-24-19)22-15-14-21-13-12-20/h18-20H,2-17H2,1H3. The average molecular weight is 347 g/mol. The third-order valence-corrected chi connectivity index (χ3v) is 4.30. The summed E-state index contributed by atoms with van der Waals surface area (Å²) in [5.74, 6) is 0. The van der Waals surface area contributed by atoms with Crippen LogP contribution >= 0.6 is 0 Å². The number of aliphatic hydroxyl groups is 1. The summed E-state index contributed by atoms with van der Waals surface area (Å²) in [7, 11) is 0. The molecule has 5 heteroatoms. The van der Waals surface area contributed by atoms with Gasteiger partial charge in [-0.25, -0.2) is 0 Å². The first-order valence-corrected chi connectivity index (χ1v) is 9.90. The Morgan fingerprint density at radius 1 is 0.833 bits per heavy atom. The first-order chi connectivity index (χ1) is 11.9. The van der Waals surface area contributed by atoms with Gasteiger partial charge < -0.3 is 24.1 Å². The molecule has 144 valence electrons. The second-order valence-electron chi connectivity index (χ2n) is 6.54. The Morgan fingerprint density at radius 2 is 1.46 bits per heavy atom. The van der Waals surface area contributed by atoms with Crippen LogP contribution in [0, 0.1) is 0 Å². The molecule has 1 aliphatic heterocycles. The van der Waals surface area contributed by atoms with Gasteiger partial charge in [-0.05, 0) is 12.8 Å². The third-order valence-electron chi connectivity index (χ3n) is 4.30. The SMILES string of the molecule is CCCCCCCCCCCC1OCC(OCCOCCO)CO1. The zero-order chi connectivity index (χ0) is 17.3. The van der Waals surface area contributed by atoms with E-state index in [-0.39, 0.29) is 19.0 Å². The molecule has 1 heterocycles. The van der Waals surface area contributed by atoms with Gasteiger partial charge in [0.15, 0.2) is 6.29 Å². The van der Waals surface area contributed by atoms with Gasteiger partial charge in [-0.3, -0.25) is 0 Å². The number of hydrogen-bond acceptors (Lipinski definition) is 5. The highest BCUT2D eigenvalue weighted by Gasteiger charge is 2.22. The van der Waals surface area contributed by atoms with Crippen LogP contribution in [0.3, 0.4) is 0 Å². The number of unbranched alkanes of at least 4 members (excludes halogenated alkanes) is 8. The molecule has 0 aromatic heterocycles. The van der Waals surface area contributed by atoms with Gasteiger partial charge in [-0.1, -0.05) is 58.3 Å². The Morgan fingerprint density at radius 3 is 2.08 bits per heavy atom. The van der Waals surface area contributed by atoms with Crippen LogP contribution in [-0.2, 0) is 18.9 Å². The number of rotatable bonds is 16. The Labute approximate surface area is 148 Å². The topological polar surface area (TPSA) is 57.2 Å². The summed E-state index contributed by atoms with van der Waals surface area (Å²) < 4.78 is 22.2. The molecule has 0 aliphatic carbocycles. The Balaban J connectivity index is 1.84. The molecule has 0 bridgehead atoms. The van der Waals surface area contributed by atoms with Crippen LogP contribution in [0.2, 0.25) is 0 Å². The van der Waals surface area contributed by atoms with Gasteiger partial charge in [0.2, 0.25) is 0 Å². The molecule has 24 heavy (non-hydrogen) atoms.